The van der Waals surface area contributed by atoms with Gasteiger partial charge < -0.3 is 26.4 Å². The van der Waals surface area contributed by atoms with Crippen molar-refractivity contribution >= 4 is 77.9 Å². The lowest BCUT2D eigenvalue weighted by Crippen LogP contribution is -2.19. The number of aromatic nitrogens is 3. The van der Waals surface area contributed by atoms with E-state index in [0.29, 0.717) is 12.1 Å². The minimum absolute atomic E-state index is 0.000659. The van der Waals surface area contributed by atoms with Crippen molar-refractivity contribution in [3.8, 4) is 5.75 Å². The number of benzene rings is 3. The van der Waals surface area contributed by atoms with Crippen LogP contribution in [-0.4, -0.2) is 59.9 Å². The zero-order chi connectivity index (χ0) is 36.1. The lowest BCUT2D eigenvalue weighted by atomic mass is 10.2. The summed E-state index contributed by atoms with van der Waals surface area (Å²) >= 11 is 0. The summed E-state index contributed by atoms with van der Waals surface area (Å²) in [7, 11) is -8.53. The number of ether oxygens (including phenoxy) is 1. The first kappa shape index (κ1) is 35.7. The molecule has 4 rings (SSSR count). The van der Waals surface area contributed by atoms with Crippen LogP contribution in [0.5, 0.6) is 5.75 Å². The van der Waals surface area contributed by atoms with Gasteiger partial charge in [-0.25, -0.2) is 4.79 Å². The van der Waals surface area contributed by atoms with Gasteiger partial charge in [-0.3, -0.25) is 13.9 Å². The van der Waals surface area contributed by atoms with E-state index in [1.165, 1.54) is 37.4 Å². The summed E-state index contributed by atoms with van der Waals surface area (Å²) in [6.45, 7) is 1.15. The number of azo groups is 2. The standard InChI is InChI=1S/C25H21F2N11O9S2/c1-11(39)29-16-9-18(20(47-2)10-17(16)36-38-19-8-13(48(41,42)43)4-6-21(19)49(44,45)46)37-35-14-5-3-12(7-15(14)31-24(28)40)30-25-33-22(26)32-23(27)34-25/h3-10H,1-2H3,(H,29,39)(H3,28,31,40)(H,41,42,43)(H,44,45,46)(H,30,32,33,34). The van der Waals surface area contributed by atoms with Gasteiger partial charge in [0.15, 0.2) is 0 Å². The SMILES string of the molecule is COc1cc(N=Nc2cc(S(=O)(=O)O)ccc2S(=O)(=O)O)c(NC(C)=O)cc1N=Nc1ccc(Nc2nc(F)nc(F)n2)cc1NC(N)=O. The summed E-state index contributed by atoms with van der Waals surface area (Å²) < 4.78 is 97.9. The van der Waals surface area contributed by atoms with E-state index in [4.69, 9.17) is 10.5 Å². The van der Waals surface area contributed by atoms with Gasteiger partial charge in [0.05, 0.1) is 23.4 Å². The van der Waals surface area contributed by atoms with Gasteiger partial charge in [-0.15, -0.1) is 20.5 Å². The number of nitrogens with one attached hydrogen (secondary N) is 3. The minimum atomic E-state index is -4.94. The van der Waals surface area contributed by atoms with E-state index in [1.807, 2.05) is 0 Å². The van der Waals surface area contributed by atoms with E-state index in [1.54, 1.807) is 0 Å². The number of nitrogens with zero attached hydrogens (tertiary/aromatic N) is 7. The molecule has 20 nitrogen and oxygen atoms in total. The molecule has 0 fully saturated rings. The zero-order valence-corrected chi connectivity index (χ0v) is 26.3. The third-order valence-electron chi connectivity index (χ3n) is 5.74. The Bertz CT molecular complexity index is 2230. The summed E-state index contributed by atoms with van der Waals surface area (Å²) in [5.74, 6) is -1.14. The zero-order valence-electron chi connectivity index (χ0n) is 24.7. The van der Waals surface area contributed by atoms with Crippen molar-refractivity contribution in [3.05, 3.63) is 60.7 Å². The molecule has 0 aliphatic carbocycles. The van der Waals surface area contributed by atoms with Crippen LogP contribution >= 0.6 is 0 Å². The summed E-state index contributed by atoms with van der Waals surface area (Å²) in [6.07, 6.45) is -2.77. The van der Waals surface area contributed by atoms with Gasteiger partial charge in [-0.05, 0) is 42.5 Å². The van der Waals surface area contributed by atoms with Gasteiger partial charge in [0.2, 0.25) is 11.9 Å². The Morgan fingerprint density at radius 3 is 1.98 bits per heavy atom. The Balaban J connectivity index is 1.76. The third-order valence-corrected chi connectivity index (χ3v) is 7.49. The first-order valence-corrected chi connectivity index (χ1v) is 15.8. The van der Waals surface area contributed by atoms with Crippen molar-refractivity contribution in [2.45, 2.75) is 16.7 Å². The highest BCUT2D eigenvalue weighted by Crippen LogP contribution is 2.41. The van der Waals surface area contributed by atoms with Gasteiger partial charge in [0, 0.05) is 18.7 Å². The number of primary amides is 1. The molecule has 0 aliphatic rings. The van der Waals surface area contributed by atoms with Gasteiger partial charge in [-0.1, -0.05) is 0 Å². The third kappa shape index (κ3) is 9.47. The molecule has 0 atom stereocenters. The topological polar surface area (TPSA) is 302 Å². The quantitative estimate of drug-likeness (QED) is 0.0907. The highest BCUT2D eigenvalue weighted by Gasteiger charge is 2.21. The second-order valence-electron chi connectivity index (χ2n) is 9.25. The Kier molecular flexibility index (Phi) is 10.5. The van der Waals surface area contributed by atoms with E-state index >= 15 is 0 Å². The Morgan fingerprint density at radius 1 is 0.776 bits per heavy atom. The molecule has 0 saturated heterocycles. The van der Waals surface area contributed by atoms with Crippen LogP contribution in [0.15, 0.2) is 78.8 Å². The van der Waals surface area contributed by atoms with E-state index in [2.05, 4.69) is 51.4 Å². The molecule has 0 radical (unpaired) electrons. The van der Waals surface area contributed by atoms with Crippen molar-refractivity contribution < 1.29 is 49.0 Å². The Labute approximate surface area is 274 Å². The van der Waals surface area contributed by atoms with E-state index in [9.17, 15) is 44.3 Å². The van der Waals surface area contributed by atoms with Crippen molar-refractivity contribution in [1.82, 2.24) is 15.0 Å². The molecule has 0 aliphatic heterocycles. The van der Waals surface area contributed by atoms with Crippen LogP contribution in [-0.2, 0) is 25.0 Å². The maximum Gasteiger partial charge on any atom is 0.316 e. The van der Waals surface area contributed by atoms with Crippen LogP contribution in [0.25, 0.3) is 0 Å². The second-order valence-corrected chi connectivity index (χ2v) is 12.1. The van der Waals surface area contributed by atoms with Crippen LogP contribution in [0.4, 0.5) is 59.3 Å². The number of methoxy groups -OCH3 is 1. The smallest absolute Gasteiger partial charge is 0.316 e. The van der Waals surface area contributed by atoms with Crippen molar-refractivity contribution in [2.75, 3.05) is 23.1 Å². The number of carbonyl (C=O) groups is 2. The van der Waals surface area contributed by atoms with Gasteiger partial charge in [-0.2, -0.15) is 40.6 Å². The molecule has 1 heterocycles. The lowest BCUT2D eigenvalue weighted by Gasteiger charge is -2.12. The lowest BCUT2D eigenvalue weighted by molar-refractivity contribution is -0.114. The van der Waals surface area contributed by atoms with Gasteiger partial charge >= 0.3 is 18.2 Å². The van der Waals surface area contributed by atoms with E-state index in [0.717, 1.165) is 13.0 Å². The minimum Gasteiger partial charge on any atom is -0.494 e. The monoisotopic (exact) mass is 721 g/mol. The van der Waals surface area contributed by atoms with Crippen LogP contribution in [0.3, 0.4) is 0 Å². The summed E-state index contributed by atoms with van der Waals surface area (Å²) in [5, 5.41) is 23.0. The van der Waals surface area contributed by atoms with Gasteiger partial charge in [0.1, 0.15) is 33.4 Å². The summed E-state index contributed by atoms with van der Waals surface area (Å²) in [6, 6.07) is 7.38. The predicted octanol–water partition coefficient (Wildman–Crippen LogP) is 4.68. The molecular formula is C25H21F2N11O9S2. The summed E-state index contributed by atoms with van der Waals surface area (Å²) in [5.41, 5.74) is 4.36. The van der Waals surface area contributed by atoms with Gasteiger partial charge in [0.25, 0.3) is 20.2 Å². The highest BCUT2D eigenvalue weighted by molar-refractivity contribution is 7.86. The van der Waals surface area contributed by atoms with Crippen LogP contribution in [0, 0.1) is 12.2 Å². The molecule has 24 heteroatoms. The average molecular weight is 722 g/mol. The Morgan fingerprint density at radius 2 is 1.39 bits per heavy atom. The molecule has 3 aromatic carbocycles. The number of hydrogen-bond donors (Lipinski definition) is 6. The molecule has 0 saturated carbocycles. The molecule has 4 aromatic rings. The fraction of sp³-hybridized carbons (Fsp3) is 0.0800. The van der Waals surface area contributed by atoms with Crippen molar-refractivity contribution in [2.24, 2.45) is 26.2 Å². The number of anilines is 4. The van der Waals surface area contributed by atoms with E-state index < -0.39 is 65.8 Å². The molecule has 0 spiro atoms. The predicted molar refractivity (Wildman–Crippen MR) is 164 cm³/mol. The maximum atomic E-state index is 13.4. The molecule has 7 N–H and O–H groups in total. The molecule has 0 bridgehead atoms. The number of nitrogens with two attached hydrogens (primary N) is 1. The fourth-order valence-corrected chi connectivity index (χ4v) is 4.89. The normalized spacial score (nSPS) is 11.9. The number of urea groups is 1. The average Bonchev–Trinajstić information content (AvgIpc) is 2.98. The molecule has 1 aromatic heterocycles. The molecule has 256 valence electrons. The number of amides is 3. The molecule has 49 heavy (non-hydrogen) atoms. The number of rotatable bonds is 11. The van der Waals surface area contributed by atoms with Crippen LogP contribution < -0.4 is 26.4 Å². The first-order chi connectivity index (χ1) is 22.9. The Hall–Kier alpha value is -6.11. The van der Waals surface area contributed by atoms with Crippen molar-refractivity contribution in [3.63, 3.8) is 0 Å². The number of carbonyl (C=O) groups excluding carboxylic acids is 2. The number of halogens is 2. The van der Waals surface area contributed by atoms with Crippen LogP contribution in [0.2, 0.25) is 0 Å². The largest absolute Gasteiger partial charge is 0.494 e. The maximum absolute atomic E-state index is 13.4. The van der Waals surface area contributed by atoms with E-state index in [-0.39, 0.29) is 39.9 Å². The first-order valence-electron chi connectivity index (χ1n) is 12.9. The van der Waals surface area contributed by atoms with Crippen LogP contribution in [0.1, 0.15) is 6.92 Å². The fourth-order valence-electron chi connectivity index (χ4n) is 3.79. The van der Waals surface area contributed by atoms with Crippen molar-refractivity contribution in [1.29, 1.82) is 0 Å². The molecule has 3 amide bonds. The highest BCUT2D eigenvalue weighted by atomic mass is 32.2. The summed E-state index contributed by atoms with van der Waals surface area (Å²) in [4.78, 5) is 31.4. The second kappa shape index (κ2) is 14.3. The molecular weight excluding hydrogens is 700 g/mol. The number of hydrogen-bond acceptors (Lipinski definition) is 15. The molecule has 0 unspecified atom stereocenters.